The van der Waals surface area contributed by atoms with E-state index in [1.165, 1.54) is 0 Å². The van der Waals surface area contributed by atoms with Crippen molar-refractivity contribution in [2.75, 3.05) is 0 Å². The largest absolute Gasteiger partial charge is 0.264 e. The molecule has 0 amide bonds. The van der Waals surface area contributed by atoms with Crippen LogP contribution in [0.5, 0.6) is 0 Å². The maximum Gasteiger partial charge on any atom is 0.210 e. The Morgan fingerprint density at radius 3 is 1.55 bits per heavy atom. The summed E-state index contributed by atoms with van der Waals surface area (Å²) in [6.45, 7) is 11.4. The zero-order chi connectivity index (χ0) is 9.86. The van der Waals surface area contributed by atoms with Crippen LogP contribution in [0.4, 0.5) is 0 Å². The Labute approximate surface area is 70.0 Å². The lowest BCUT2D eigenvalue weighted by atomic mass is 10.3. The number of hydrogen-bond acceptors (Lipinski definition) is 2. The fraction of sp³-hybridized carbons (Fsp3) is 1.00. The molecule has 0 bridgehead atoms. The molecule has 0 radical (unpaired) electrons. The van der Waals surface area contributed by atoms with Crippen molar-refractivity contribution >= 4 is 0 Å². The Morgan fingerprint density at radius 1 is 1.27 bits per heavy atom. The standard InChI is InChI=1S/C4H9NO2.2C2H6/c1-3-4(2)5(6)7;2*1-2/h4H,3H2,1-2H3;2*1-2H3. The van der Waals surface area contributed by atoms with E-state index >= 15 is 0 Å². The summed E-state index contributed by atoms with van der Waals surface area (Å²) >= 11 is 0. The zero-order valence-corrected chi connectivity index (χ0v) is 8.55. The van der Waals surface area contributed by atoms with Gasteiger partial charge < -0.3 is 0 Å². The van der Waals surface area contributed by atoms with E-state index in [4.69, 9.17) is 0 Å². The summed E-state index contributed by atoms with van der Waals surface area (Å²) < 4.78 is 0. The molecule has 1 unspecified atom stereocenters. The van der Waals surface area contributed by atoms with Gasteiger partial charge in [-0.15, -0.1) is 0 Å². The first kappa shape index (κ1) is 16.8. The van der Waals surface area contributed by atoms with Gasteiger partial charge in [0.25, 0.3) is 0 Å². The molecule has 0 heterocycles. The average molecular weight is 163 g/mol. The minimum atomic E-state index is -0.375. The summed E-state index contributed by atoms with van der Waals surface area (Å²) in [5.74, 6) is 0. The van der Waals surface area contributed by atoms with Gasteiger partial charge in [-0.25, -0.2) is 0 Å². The first-order valence-electron chi connectivity index (χ1n) is 4.32. The van der Waals surface area contributed by atoms with E-state index in [0.717, 1.165) is 0 Å². The zero-order valence-electron chi connectivity index (χ0n) is 8.55. The van der Waals surface area contributed by atoms with Gasteiger partial charge in [-0.1, -0.05) is 34.6 Å². The Hall–Kier alpha value is -0.600. The highest BCUT2D eigenvalue weighted by atomic mass is 16.6. The lowest BCUT2D eigenvalue weighted by Gasteiger charge is -1.94. The third-order valence-corrected chi connectivity index (χ3v) is 0.951. The Kier molecular flexibility index (Phi) is 24.7. The van der Waals surface area contributed by atoms with Crippen molar-refractivity contribution in [3.05, 3.63) is 10.1 Å². The average Bonchev–Trinajstić information content (AvgIpc) is 2.10. The van der Waals surface area contributed by atoms with Gasteiger partial charge in [0.15, 0.2) is 0 Å². The molecule has 0 saturated heterocycles. The molecule has 0 fully saturated rings. The quantitative estimate of drug-likeness (QED) is 0.463. The van der Waals surface area contributed by atoms with Gasteiger partial charge in [-0.05, 0) is 0 Å². The molecule has 0 spiro atoms. The Balaban J connectivity index is -0.000000138. The van der Waals surface area contributed by atoms with Crippen LogP contribution in [0, 0.1) is 10.1 Å². The SMILES string of the molecule is CC.CC.CCC(C)[N+](=O)[O-]. The van der Waals surface area contributed by atoms with E-state index in [0.29, 0.717) is 6.42 Å². The van der Waals surface area contributed by atoms with Crippen LogP contribution in [0.1, 0.15) is 48.0 Å². The molecular formula is C8H21NO2. The van der Waals surface area contributed by atoms with E-state index in [2.05, 4.69) is 0 Å². The molecule has 0 aromatic heterocycles. The fourth-order valence-corrected chi connectivity index (χ4v) is 0.149. The number of rotatable bonds is 2. The smallest absolute Gasteiger partial charge is 0.210 e. The summed E-state index contributed by atoms with van der Waals surface area (Å²) in [6, 6.07) is -0.375. The summed E-state index contributed by atoms with van der Waals surface area (Å²) in [4.78, 5) is 9.46. The summed E-state index contributed by atoms with van der Waals surface area (Å²) in [5, 5.41) is 9.74. The maximum absolute atomic E-state index is 9.74. The van der Waals surface area contributed by atoms with Crippen LogP contribution in [0.2, 0.25) is 0 Å². The predicted octanol–water partition coefficient (Wildman–Crippen LogP) is 3.11. The van der Waals surface area contributed by atoms with Crippen molar-refractivity contribution in [2.24, 2.45) is 0 Å². The van der Waals surface area contributed by atoms with E-state index < -0.39 is 0 Å². The van der Waals surface area contributed by atoms with Crippen molar-refractivity contribution in [2.45, 2.75) is 54.0 Å². The highest BCUT2D eigenvalue weighted by molar-refractivity contribution is 4.39. The van der Waals surface area contributed by atoms with Crippen LogP contribution in [0.25, 0.3) is 0 Å². The van der Waals surface area contributed by atoms with Crippen LogP contribution in [-0.2, 0) is 0 Å². The first-order valence-corrected chi connectivity index (χ1v) is 4.32. The van der Waals surface area contributed by atoms with Crippen LogP contribution in [-0.4, -0.2) is 11.0 Å². The molecule has 0 aliphatic heterocycles. The van der Waals surface area contributed by atoms with Gasteiger partial charge in [-0.3, -0.25) is 10.1 Å². The first-order chi connectivity index (χ1) is 5.18. The molecule has 3 nitrogen and oxygen atoms in total. The monoisotopic (exact) mass is 163 g/mol. The molecule has 0 N–H and O–H groups in total. The van der Waals surface area contributed by atoms with Crippen molar-refractivity contribution in [3.8, 4) is 0 Å². The number of nitro groups is 1. The van der Waals surface area contributed by atoms with Gasteiger partial charge in [-0.2, -0.15) is 0 Å². The second kappa shape index (κ2) is 16.2. The van der Waals surface area contributed by atoms with Crippen LogP contribution in [0.15, 0.2) is 0 Å². The molecule has 11 heavy (non-hydrogen) atoms. The van der Waals surface area contributed by atoms with Gasteiger partial charge in [0.1, 0.15) is 0 Å². The molecule has 0 rings (SSSR count). The molecule has 0 aromatic rings. The summed E-state index contributed by atoms with van der Waals surface area (Å²) in [7, 11) is 0. The second-order valence-electron chi connectivity index (χ2n) is 1.54. The Morgan fingerprint density at radius 2 is 1.55 bits per heavy atom. The lowest BCUT2D eigenvalue weighted by Crippen LogP contribution is -2.12. The van der Waals surface area contributed by atoms with Gasteiger partial charge in [0, 0.05) is 18.3 Å². The minimum Gasteiger partial charge on any atom is -0.264 e. The summed E-state index contributed by atoms with van der Waals surface area (Å²) in [6.07, 6.45) is 0.618. The third kappa shape index (κ3) is 17.7. The molecule has 0 aliphatic carbocycles. The molecule has 0 saturated carbocycles. The predicted molar refractivity (Wildman–Crippen MR) is 49.4 cm³/mol. The molecule has 0 aliphatic rings. The van der Waals surface area contributed by atoms with E-state index in [9.17, 15) is 10.1 Å². The molecular weight excluding hydrogens is 142 g/mol. The molecule has 0 aromatic carbocycles. The third-order valence-electron chi connectivity index (χ3n) is 0.951. The van der Waals surface area contributed by atoms with Crippen molar-refractivity contribution in [3.63, 3.8) is 0 Å². The highest BCUT2D eigenvalue weighted by Crippen LogP contribution is 1.90. The van der Waals surface area contributed by atoms with E-state index in [1.54, 1.807) is 13.8 Å². The van der Waals surface area contributed by atoms with Gasteiger partial charge >= 0.3 is 0 Å². The van der Waals surface area contributed by atoms with E-state index in [1.807, 2.05) is 27.7 Å². The minimum absolute atomic E-state index is 0.278. The van der Waals surface area contributed by atoms with Crippen molar-refractivity contribution in [1.82, 2.24) is 0 Å². The van der Waals surface area contributed by atoms with Crippen molar-refractivity contribution < 1.29 is 4.92 Å². The van der Waals surface area contributed by atoms with Gasteiger partial charge in [0.2, 0.25) is 6.04 Å². The summed E-state index contributed by atoms with van der Waals surface area (Å²) in [5.41, 5.74) is 0. The van der Waals surface area contributed by atoms with Crippen molar-refractivity contribution in [1.29, 1.82) is 0 Å². The van der Waals surface area contributed by atoms with Crippen LogP contribution in [0.3, 0.4) is 0 Å². The Bertz CT molecular complexity index is 74.5. The molecule has 1 atom stereocenters. The normalized spacial score (nSPS) is 9.64. The number of hydrogen-bond donors (Lipinski definition) is 0. The molecule has 70 valence electrons. The van der Waals surface area contributed by atoms with Gasteiger partial charge in [0.05, 0.1) is 0 Å². The second-order valence-corrected chi connectivity index (χ2v) is 1.54. The highest BCUT2D eigenvalue weighted by Gasteiger charge is 2.06. The number of nitrogens with zero attached hydrogens (tertiary/aromatic N) is 1. The van der Waals surface area contributed by atoms with Crippen LogP contribution >= 0.6 is 0 Å². The van der Waals surface area contributed by atoms with E-state index in [-0.39, 0.29) is 11.0 Å². The molecule has 3 heteroatoms. The maximum atomic E-state index is 9.74. The lowest BCUT2D eigenvalue weighted by molar-refractivity contribution is -0.518. The van der Waals surface area contributed by atoms with Crippen LogP contribution < -0.4 is 0 Å². The fourth-order valence-electron chi connectivity index (χ4n) is 0.149. The topological polar surface area (TPSA) is 43.1 Å².